The Morgan fingerprint density at radius 1 is 1.24 bits per heavy atom. The first kappa shape index (κ1) is 14.2. The molecule has 17 heavy (non-hydrogen) atoms. The predicted molar refractivity (Wildman–Crippen MR) is 66.4 cm³/mol. The van der Waals surface area contributed by atoms with Crippen molar-refractivity contribution in [3.05, 3.63) is 0 Å². The Morgan fingerprint density at radius 3 is 2.41 bits per heavy atom. The molecule has 4 N–H and O–H groups in total. The third kappa shape index (κ3) is 7.14. The van der Waals surface area contributed by atoms with E-state index < -0.39 is 5.60 Å². The zero-order valence-electron chi connectivity index (χ0n) is 11.1. The summed E-state index contributed by atoms with van der Waals surface area (Å²) in [6, 6.07) is 0. The van der Waals surface area contributed by atoms with Crippen LogP contribution in [0.2, 0.25) is 0 Å². The Labute approximate surface area is 103 Å². The van der Waals surface area contributed by atoms with E-state index in [2.05, 4.69) is 28.4 Å². The lowest BCUT2D eigenvalue weighted by Crippen LogP contribution is -2.37. The minimum atomic E-state index is -0.435. The van der Waals surface area contributed by atoms with Gasteiger partial charge >= 0.3 is 6.09 Å². The normalized spacial score (nSPS) is 17.6. The molecule has 1 aliphatic heterocycles. The topological polar surface area (TPSA) is 94.2 Å². The lowest BCUT2D eigenvalue weighted by molar-refractivity contribution is 0.0528. The average Bonchev–Trinajstić information content (AvgIpc) is 2.87. The van der Waals surface area contributed by atoms with Gasteiger partial charge in [0.2, 0.25) is 0 Å². The van der Waals surface area contributed by atoms with Gasteiger partial charge in [-0.25, -0.2) is 15.6 Å². The first-order chi connectivity index (χ1) is 7.81. The van der Waals surface area contributed by atoms with E-state index >= 15 is 0 Å². The molecule has 1 rings (SSSR count). The number of hydrazine groups is 1. The minimum Gasteiger partial charge on any atom is -0.444 e. The summed E-state index contributed by atoms with van der Waals surface area (Å²) in [6.45, 7) is 9.88. The largest absolute Gasteiger partial charge is 0.444 e. The van der Waals surface area contributed by atoms with Gasteiger partial charge in [0.05, 0.1) is 5.66 Å². The van der Waals surface area contributed by atoms with Crippen LogP contribution in [0.3, 0.4) is 0 Å². The summed E-state index contributed by atoms with van der Waals surface area (Å²) in [4.78, 5) is 11.3. The molecule has 0 aromatic rings. The van der Waals surface area contributed by atoms with Gasteiger partial charge < -0.3 is 15.4 Å². The van der Waals surface area contributed by atoms with Crippen molar-refractivity contribution in [1.29, 1.82) is 0 Å². The van der Waals surface area contributed by atoms with Gasteiger partial charge in [0.25, 0.3) is 0 Å². The number of amides is 1. The van der Waals surface area contributed by atoms with Gasteiger partial charge in [-0.2, -0.15) is 0 Å². The van der Waals surface area contributed by atoms with Crippen molar-refractivity contribution in [2.45, 2.75) is 45.4 Å². The number of alkyl carbamates (subject to hydrolysis) is 1. The van der Waals surface area contributed by atoms with E-state index in [1.54, 1.807) is 0 Å². The number of rotatable bonds is 6. The minimum absolute atomic E-state index is 0.103. The maximum absolute atomic E-state index is 11.3. The molecule has 0 unspecified atom stereocenters. The van der Waals surface area contributed by atoms with Crippen molar-refractivity contribution < 1.29 is 9.53 Å². The third-order valence-corrected chi connectivity index (χ3v) is 2.32. The van der Waals surface area contributed by atoms with Crippen molar-refractivity contribution in [2.24, 2.45) is 0 Å². The molecule has 0 aromatic carbocycles. The number of ether oxygens (including phenoxy) is 1. The summed E-state index contributed by atoms with van der Waals surface area (Å²) >= 11 is 0. The van der Waals surface area contributed by atoms with Gasteiger partial charge in [-0.15, -0.1) is 0 Å². The highest BCUT2D eigenvalue weighted by atomic mass is 16.6. The summed E-state index contributed by atoms with van der Waals surface area (Å²) in [7, 11) is 0. The molecule has 1 aliphatic rings. The maximum atomic E-state index is 11.3. The zero-order chi connectivity index (χ0) is 12.9. The van der Waals surface area contributed by atoms with Crippen LogP contribution in [0.5, 0.6) is 0 Å². The highest BCUT2D eigenvalue weighted by molar-refractivity contribution is 5.67. The van der Waals surface area contributed by atoms with Gasteiger partial charge in [-0.3, -0.25) is 0 Å². The molecule has 0 aliphatic carbocycles. The SMILES string of the molecule is CC1(CCNCCNC(=O)OC(C)(C)C)NN1. The first-order valence-electron chi connectivity index (χ1n) is 6.03. The van der Waals surface area contributed by atoms with E-state index in [4.69, 9.17) is 4.74 Å². The fourth-order valence-corrected chi connectivity index (χ4v) is 1.26. The number of carbonyl (C=O) groups is 1. The van der Waals surface area contributed by atoms with Gasteiger partial charge in [0.1, 0.15) is 5.60 Å². The van der Waals surface area contributed by atoms with E-state index in [9.17, 15) is 4.79 Å². The quantitative estimate of drug-likeness (QED) is 0.398. The van der Waals surface area contributed by atoms with Crippen LogP contribution >= 0.6 is 0 Å². The van der Waals surface area contributed by atoms with Gasteiger partial charge in [0.15, 0.2) is 0 Å². The van der Waals surface area contributed by atoms with Gasteiger partial charge in [-0.1, -0.05) is 0 Å². The van der Waals surface area contributed by atoms with E-state index in [0.717, 1.165) is 19.5 Å². The first-order valence-corrected chi connectivity index (χ1v) is 6.03. The molecule has 1 fully saturated rings. The molecule has 0 radical (unpaired) electrons. The lowest BCUT2D eigenvalue weighted by Gasteiger charge is -2.19. The Balaban J connectivity index is 1.91. The number of hydrogen-bond acceptors (Lipinski definition) is 5. The van der Waals surface area contributed by atoms with Crippen LogP contribution in [0.4, 0.5) is 4.79 Å². The molecular weight excluding hydrogens is 220 g/mol. The summed E-state index contributed by atoms with van der Waals surface area (Å²) < 4.78 is 5.11. The highest BCUT2D eigenvalue weighted by Gasteiger charge is 2.34. The molecular formula is C11H24N4O2. The Kier molecular flexibility index (Phi) is 4.73. The van der Waals surface area contributed by atoms with Crippen LogP contribution in [0.1, 0.15) is 34.1 Å². The second kappa shape index (κ2) is 5.66. The summed E-state index contributed by atoms with van der Waals surface area (Å²) in [5.41, 5.74) is 5.80. The Morgan fingerprint density at radius 2 is 1.88 bits per heavy atom. The number of carbonyl (C=O) groups excluding carboxylic acids is 1. The van der Waals surface area contributed by atoms with E-state index in [-0.39, 0.29) is 11.8 Å². The standard InChI is InChI=1S/C11H24N4O2/c1-10(2,3)17-9(16)13-8-7-12-6-5-11(4)14-15-11/h12,14-15H,5-8H2,1-4H3,(H,13,16). The summed E-state index contributed by atoms with van der Waals surface area (Å²) in [5.74, 6) is 0. The smallest absolute Gasteiger partial charge is 0.407 e. The molecule has 1 amide bonds. The van der Waals surface area contributed by atoms with E-state index in [1.165, 1.54) is 0 Å². The Hall–Kier alpha value is -0.850. The molecule has 0 atom stereocenters. The van der Waals surface area contributed by atoms with Crippen LogP contribution in [0.25, 0.3) is 0 Å². The van der Waals surface area contributed by atoms with Crippen LogP contribution < -0.4 is 21.5 Å². The second-order valence-corrected chi connectivity index (χ2v) is 5.51. The van der Waals surface area contributed by atoms with Crippen molar-refractivity contribution >= 4 is 6.09 Å². The van der Waals surface area contributed by atoms with Crippen LogP contribution in [-0.2, 0) is 4.74 Å². The molecule has 0 saturated carbocycles. The van der Waals surface area contributed by atoms with Crippen molar-refractivity contribution in [3.63, 3.8) is 0 Å². The molecule has 100 valence electrons. The van der Waals surface area contributed by atoms with Gasteiger partial charge in [-0.05, 0) is 40.7 Å². The molecule has 1 saturated heterocycles. The molecule has 1 heterocycles. The Bertz CT molecular complexity index is 259. The fourth-order valence-electron chi connectivity index (χ4n) is 1.26. The molecule has 0 aromatic heterocycles. The van der Waals surface area contributed by atoms with E-state index in [0.29, 0.717) is 6.54 Å². The van der Waals surface area contributed by atoms with Crippen molar-refractivity contribution in [3.8, 4) is 0 Å². The number of hydrogen-bond donors (Lipinski definition) is 4. The molecule has 0 spiro atoms. The van der Waals surface area contributed by atoms with Crippen LogP contribution in [0, 0.1) is 0 Å². The molecule has 0 bridgehead atoms. The maximum Gasteiger partial charge on any atom is 0.407 e. The van der Waals surface area contributed by atoms with Crippen LogP contribution in [-0.4, -0.2) is 37.0 Å². The zero-order valence-corrected chi connectivity index (χ0v) is 11.1. The summed E-state index contributed by atoms with van der Waals surface area (Å²) in [5, 5.41) is 5.95. The second-order valence-electron chi connectivity index (χ2n) is 5.51. The van der Waals surface area contributed by atoms with Crippen LogP contribution in [0.15, 0.2) is 0 Å². The molecule has 6 nitrogen and oxygen atoms in total. The predicted octanol–water partition coefficient (Wildman–Crippen LogP) is 0.315. The van der Waals surface area contributed by atoms with Crippen molar-refractivity contribution in [1.82, 2.24) is 21.5 Å². The van der Waals surface area contributed by atoms with Crippen molar-refractivity contribution in [2.75, 3.05) is 19.6 Å². The third-order valence-electron chi connectivity index (χ3n) is 2.32. The number of nitrogens with one attached hydrogen (secondary N) is 4. The highest BCUT2D eigenvalue weighted by Crippen LogP contribution is 2.11. The van der Waals surface area contributed by atoms with Gasteiger partial charge in [0, 0.05) is 13.1 Å². The summed E-state index contributed by atoms with van der Waals surface area (Å²) in [6.07, 6.45) is 0.649. The lowest BCUT2D eigenvalue weighted by atomic mass is 10.2. The van der Waals surface area contributed by atoms with E-state index in [1.807, 2.05) is 20.8 Å². The molecule has 6 heteroatoms. The monoisotopic (exact) mass is 244 g/mol. The fraction of sp³-hybridized carbons (Fsp3) is 0.909. The average molecular weight is 244 g/mol.